The van der Waals surface area contributed by atoms with E-state index in [-0.39, 0.29) is 17.2 Å². The Balaban J connectivity index is 1.81. The first-order valence-corrected chi connectivity index (χ1v) is 9.47. The summed E-state index contributed by atoms with van der Waals surface area (Å²) in [5.74, 6) is 1.20. The summed E-state index contributed by atoms with van der Waals surface area (Å²) in [4.78, 5) is 28.8. The van der Waals surface area contributed by atoms with Crippen LogP contribution in [0.3, 0.4) is 0 Å². The fourth-order valence-corrected chi connectivity index (χ4v) is 3.18. The van der Waals surface area contributed by atoms with Crippen LogP contribution >= 0.6 is 0 Å². The molecule has 0 N–H and O–H groups in total. The predicted octanol–water partition coefficient (Wildman–Crippen LogP) is 3.12. The van der Waals surface area contributed by atoms with Crippen molar-refractivity contribution in [2.24, 2.45) is 5.41 Å². The smallest absolute Gasteiger partial charge is 0.223 e. The van der Waals surface area contributed by atoms with Gasteiger partial charge in [0.2, 0.25) is 11.8 Å². The first-order chi connectivity index (χ1) is 12.3. The second-order valence-electron chi connectivity index (χ2n) is 8.20. The molecular weight excluding hydrogens is 328 g/mol. The zero-order valence-electron chi connectivity index (χ0n) is 16.6. The number of amides is 2. The van der Waals surface area contributed by atoms with E-state index in [1.54, 1.807) is 7.11 Å². The normalized spacial score (nSPS) is 15.5. The van der Waals surface area contributed by atoms with E-state index in [4.69, 9.17) is 4.74 Å². The molecule has 0 aromatic heterocycles. The summed E-state index contributed by atoms with van der Waals surface area (Å²) >= 11 is 0. The summed E-state index contributed by atoms with van der Waals surface area (Å²) in [7, 11) is 1.65. The van der Waals surface area contributed by atoms with Gasteiger partial charge in [-0.05, 0) is 36.0 Å². The lowest BCUT2D eigenvalue weighted by atomic mass is 9.91. The Labute approximate surface area is 157 Å². The molecule has 26 heavy (non-hydrogen) atoms. The Bertz CT molecular complexity index is 605. The largest absolute Gasteiger partial charge is 0.497 e. The molecule has 0 aliphatic carbocycles. The number of nitrogens with zero attached hydrogens (tertiary/aromatic N) is 2. The molecule has 144 valence electrons. The van der Waals surface area contributed by atoms with E-state index in [2.05, 4.69) is 20.8 Å². The van der Waals surface area contributed by atoms with Crippen LogP contribution in [-0.2, 0) is 16.0 Å². The zero-order chi connectivity index (χ0) is 19.2. The number of carbonyl (C=O) groups is 2. The predicted molar refractivity (Wildman–Crippen MR) is 103 cm³/mol. The van der Waals surface area contributed by atoms with Crippen LogP contribution in [0.1, 0.15) is 45.6 Å². The van der Waals surface area contributed by atoms with Gasteiger partial charge in [-0.15, -0.1) is 0 Å². The minimum Gasteiger partial charge on any atom is -0.497 e. The van der Waals surface area contributed by atoms with Gasteiger partial charge in [0.1, 0.15) is 5.75 Å². The minimum absolute atomic E-state index is 0.00272. The van der Waals surface area contributed by atoms with Crippen molar-refractivity contribution < 1.29 is 14.3 Å². The maximum Gasteiger partial charge on any atom is 0.223 e. The molecule has 1 aromatic carbocycles. The Morgan fingerprint density at radius 1 is 0.962 bits per heavy atom. The van der Waals surface area contributed by atoms with Gasteiger partial charge >= 0.3 is 0 Å². The average Bonchev–Trinajstić information content (AvgIpc) is 2.85. The number of carbonyl (C=O) groups excluding carboxylic acids is 2. The lowest BCUT2D eigenvalue weighted by Crippen LogP contribution is -2.38. The van der Waals surface area contributed by atoms with Crippen molar-refractivity contribution in [3.05, 3.63) is 29.8 Å². The van der Waals surface area contributed by atoms with Crippen LogP contribution in [0.4, 0.5) is 0 Å². The number of ether oxygens (including phenoxy) is 1. The third-order valence-electron chi connectivity index (χ3n) is 4.67. The molecule has 5 heteroatoms. The number of benzene rings is 1. The third kappa shape index (κ3) is 6.36. The number of methoxy groups -OCH3 is 1. The summed E-state index contributed by atoms with van der Waals surface area (Å²) in [6, 6.07) is 7.85. The minimum atomic E-state index is -0.00272. The summed E-state index contributed by atoms with van der Waals surface area (Å²) < 4.78 is 5.16. The van der Waals surface area contributed by atoms with Crippen LogP contribution in [0.25, 0.3) is 0 Å². The molecule has 1 aliphatic rings. The van der Waals surface area contributed by atoms with E-state index in [0.717, 1.165) is 37.2 Å². The molecule has 1 fully saturated rings. The average molecular weight is 360 g/mol. The Kier molecular flexibility index (Phi) is 7.06. The van der Waals surface area contributed by atoms with Crippen molar-refractivity contribution in [3.8, 4) is 5.75 Å². The molecule has 1 aromatic rings. The van der Waals surface area contributed by atoms with Gasteiger partial charge in [-0.1, -0.05) is 32.9 Å². The number of aryl methyl sites for hydroxylation is 1. The van der Waals surface area contributed by atoms with E-state index >= 15 is 0 Å². The highest BCUT2D eigenvalue weighted by molar-refractivity contribution is 5.78. The second kappa shape index (κ2) is 9.06. The van der Waals surface area contributed by atoms with Crippen molar-refractivity contribution in [2.75, 3.05) is 33.3 Å². The maximum atomic E-state index is 12.6. The number of rotatable bonds is 5. The topological polar surface area (TPSA) is 49.9 Å². The summed E-state index contributed by atoms with van der Waals surface area (Å²) in [6.45, 7) is 9.01. The van der Waals surface area contributed by atoms with Crippen molar-refractivity contribution in [3.63, 3.8) is 0 Å². The van der Waals surface area contributed by atoms with Gasteiger partial charge in [0.15, 0.2) is 0 Å². The van der Waals surface area contributed by atoms with E-state index in [0.29, 0.717) is 25.9 Å². The number of hydrogen-bond donors (Lipinski definition) is 0. The standard InChI is InChI=1S/C21H32N2O3/c1-21(2,3)16-20(25)23-13-5-12-22(14-15-23)19(24)11-8-17-6-9-18(26-4)10-7-17/h6-7,9-10H,5,8,11-16H2,1-4H3. The lowest BCUT2D eigenvalue weighted by molar-refractivity contribution is -0.134. The molecule has 2 amide bonds. The summed E-state index contributed by atoms with van der Waals surface area (Å²) in [5.41, 5.74) is 1.13. The SMILES string of the molecule is COc1ccc(CCC(=O)N2CCCN(C(=O)CC(C)(C)C)CC2)cc1. The molecule has 0 saturated carbocycles. The molecule has 5 nitrogen and oxygen atoms in total. The van der Waals surface area contributed by atoms with E-state index in [1.165, 1.54) is 0 Å². The molecular formula is C21H32N2O3. The van der Waals surface area contributed by atoms with E-state index < -0.39 is 0 Å². The van der Waals surface area contributed by atoms with Crippen molar-refractivity contribution >= 4 is 11.8 Å². The first kappa shape index (κ1) is 20.3. The highest BCUT2D eigenvalue weighted by Gasteiger charge is 2.24. The van der Waals surface area contributed by atoms with Crippen LogP contribution < -0.4 is 4.74 Å². The molecule has 0 spiro atoms. The molecule has 0 atom stereocenters. The van der Waals surface area contributed by atoms with E-state index in [9.17, 15) is 9.59 Å². The molecule has 0 unspecified atom stereocenters. The van der Waals surface area contributed by atoms with Crippen LogP contribution in [0, 0.1) is 5.41 Å². The van der Waals surface area contributed by atoms with Gasteiger partial charge in [-0.3, -0.25) is 9.59 Å². The second-order valence-corrected chi connectivity index (χ2v) is 8.20. The zero-order valence-corrected chi connectivity index (χ0v) is 16.6. The van der Waals surface area contributed by atoms with Crippen LogP contribution in [0.5, 0.6) is 5.75 Å². The molecule has 1 aliphatic heterocycles. The fourth-order valence-electron chi connectivity index (χ4n) is 3.18. The van der Waals surface area contributed by atoms with Crippen LogP contribution in [-0.4, -0.2) is 54.9 Å². The molecule has 1 heterocycles. The Morgan fingerprint density at radius 2 is 1.54 bits per heavy atom. The summed E-state index contributed by atoms with van der Waals surface area (Å²) in [5, 5.41) is 0. The molecule has 2 rings (SSSR count). The highest BCUT2D eigenvalue weighted by Crippen LogP contribution is 2.20. The molecule has 1 saturated heterocycles. The Hall–Kier alpha value is -2.04. The molecule has 0 bridgehead atoms. The van der Waals surface area contributed by atoms with Crippen LogP contribution in [0.2, 0.25) is 0 Å². The monoisotopic (exact) mass is 360 g/mol. The lowest BCUT2D eigenvalue weighted by Gasteiger charge is -2.25. The van der Waals surface area contributed by atoms with Crippen molar-refractivity contribution in [1.82, 2.24) is 9.80 Å². The first-order valence-electron chi connectivity index (χ1n) is 9.47. The van der Waals surface area contributed by atoms with Crippen molar-refractivity contribution in [1.29, 1.82) is 0 Å². The van der Waals surface area contributed by atoms with Gasteiger partial charge in [-0.25, -0.2) is 0 Å². The van der Waals surface area contributed by atoms with Gasteiger partial charge in [0.05, 0.1) is 7.11 Å². The summed E-state index contributed by atoms with van der Waals surface area (Å²) in [6.07, 6.45) is 2.64. The van der Waals surface area contributed by atoms with Gasteiger partial charge in [0.25, 0.3) is 0 Å². The van der Waals surface area contributed by atoms with Gasteiger partial charge in [-0.2, -0.15) is 0 Å². The quantitative estimate of drug-likeness (QED) is 0.811. The van der Waals surface area contributed by atoms with Crippen LogP contribution in [0.15, 0.2) is 24.3 Å². The fraction of sp³-hybridized carbons (Fsp3) is 0.619. The van der Waals surface area contributed by atoms with E-state index in [1.807, 2.05) is 34.1 Å². The highest BCUT2D eigenvalue weighted by atomic mass is 16.5. The molecule has 0 radical (unpaired) electrons. The number of hydrogen-bond acceptors (Lipinski definition) is 3. The van der Waals surface area contributed by atoms with Gasteiger partial charge in [0, 0.05) is 39.0 Å². The third-order valence-corrected chi connectivity index (χ3v) is 4.67. The Morgan fingerprint density at radius 3 is 2.08 bits per heavy atom. The van der Waals surface area contributed by atoms with Crippen molar-refractivity contribution in [2.45, 2.75) is 46.5 Å². The van der Waals surface area contributed by atoms with Gasteiger partial charge < -0.3 is 14.5 Å². The maximum absolute atomic E-state index is 12.6.